The number of hydrogen-bond acceptors (Lipinski definition) is 6. The number of carbonyl (C=O) groups is 4. The molecule has 2 amide bonds. The fourth-order valence-corrected chi connectivity index (χ4v) is 2.85. The van der Waals surface area contributed by atoms with Gasteiger partial charge in [0.15, 0.2) is 0 Å². The van der Waals surface area contributed by atoms with Crippen molar-refractivity contribution in [3.8, 4) is 0 Å². The van der Waals surface area contributed by atoms with E-state index in [0.717, 1.165) is 0 Å². The molecule has 2 fully saturated rings. The van der Waals surface area contributed by atoms with Crippen LogP contribution in [0.5, 0.6) is 0 Å². The average Bonchev–Trinajstić information content (AvgIpc) is 2.44. The predicted molar refractivity (Wildman–Crippen MR) is 107 cm³/mol. The van der Waals surface area contributed by atoms with Crippen LogP contribution in [0.25, 0.3) is 0 Å². The molecule has 4 atom stereocenters. The standard InChI is InChI=1S/2C10H17NO4/c2*1-10(2,3)15-9(14)11-7-5-4-6(7)8(12)13/h2*6-7H,4-5H2,1-3H3,(H,11,14)(H,12,13)/t2*6-,7+/m10/s1. The van der Waals surface area contributed by atoms with E-state index in [9.17, 15) is 19.2 Å². The smallest absolute Gasteiger partial charge is 0.407 e. The van der Waals surface area contributed by atoms with Gasteiger partial charge in [-0.05, 0) is 67.2 Å². The molecule has 0 heterocycles. The molecule has 0 aromatic carbocycles. The highest BCUT2D eigenvalue weighted by Crippen LogP contribution is 2.28. The Kier molecular flexibility index (Phi) is 8.50. The van der Waals surface area contributed by atoms with Crippen LogP contribution in [0, 0.1) is 11.8 Å². The summed E-state index contributed by atoms with van der Waals surface area (Å²) in [5.41, 5.74) is -1.10. The van der Waals surface area contributed by atoms with E-state index in [1.807, 2.05) is 0 Å². The topological polar surface area (TPSA) is 151 Å². The third-order valence-electron chi connectivity index (χ3n) is 4.59. The van der Waals surface area contributed by atoms with Crippen LogP contribution >= 0.6 is 0 Å². The van der Waals surface area contributed by atoms with Crippen molar-refractivity contribution in [2.75, 3.05) is 0 Å². The van der Waals surface area contributed by atoms with Gasteiger partial charge in [0.05, 0.1) is 11.8 Å². The number of hydrogen-bond donors (Lipinski definition) is 4. The monoisotopic (exact) mass is 430 g/mol. The maximum absolute atomic E-state index is 11.3. The summed E-state index contributed by atoms with van der Waals surface area (Å²) >= 11 is 0. The van der Waals surface area contributed by atoms with Crippen LogP contribution in [0.1, 0.15) is 67.2 Å². The Bertz CT molecular complexity index is 594. The van der Waals surface area contributed by atoms with Gasteiger partial charge in [0, 0.05) is 12.1 Å². The Balaban J connectivity index is 0.000000300. The molecule has 0 radical (unpaired) electrons. The van der Waals surface area contributed by atoms with Gasteiger partial charge in [-0.25, -0.2) is 9.59 Å². The zero-order valence-corrected chi connectivity index (χ0v) is 18.5. The second-order valence-electron chi connectivity index (χ2n) is 9.55. The van der Waals surface area contributed by atoms with E-state index in [1.54, 1.807) is 41.5 Å². The summed E-state index contributed by atoms with van der Waals surface area (Å²) < 4.78 is 10.1. The molecule has 4 N–H and O–H groups in total. The van der Waals surface area contributed by atoms with E-state index in [1.165, 1.54) is 0 Å². The number of alkyl carbamates (subject to hydrolysis) is 2. The largest absolute Gasteiger partial charge is 0.481 e. The number of carboxylic acids is 2. The molecule has 30 heavy (non-hydrogen) atoms. The van der Waals surface area contributed by atoms with Crippen molar-refractivity contribution in [1.29, 1.82) is 0 Å². The van der Waals surface area contributed by atoms with Crippen molar-refractivity contribution >= 4 is 24.1 Å². The highest BCUT2D eigenvalue weighted by molar-refractivity contribution is 5.75. The maximum Gasteiger partial charge on any atom is 0.407 e. The van der Waals surface area contributed by atoms with E-state index < -0.39 is 47.2 Å². The number of carbonyl (C=O) groups excluding carboxylic acids is 2. The van der Waals surface area contributed by atoms with Gasteiger partial charge in [-0.2, -0.15) is 0 Å². The lowest BCUT2D eigenvalue weighted by atomic mass is 9.80. The molecule has 0 aromatic heterocycles. The molecule has 0 aromatic rings. The highest BCUT2D eigenvalue weighted by Gasteiger charge is 2.39. The first-order valence-electron chi connectivity index (χ1n) is 10.0. The van der Waals surface area contributed by atoms with Gasteiger partial charge in [-0.1, -0.05) is 0 Å². The van der Waals surface area contributed by atoms with Crippen molar-refractivity contribution in [2.45, 2.75) is 90.5 Å². The first-order valence-corrected chi connectivity index (χ1v) is 10.0. The number of ether oxygens (including phenoxy) is 2. The summed E-state index contributed by atoms with van der Waals surface area (Å²) in [5, 5.41) is 22.6. The zero-order valence-electron chi connectivity index (χ0n) is 18.5. The SMILES string of the molecule is CC(C)(C)OC(=O)N[C@@H]1CC[C@@H]1C(=O)O.CC(C)(C)OC(=O)N[C@H]1CC[C@H]1C(=O)O. The van der Waals surface area contributed by atoms with Crippen LogP contribution in [0.15, 0.2) is 0 Å². The fourth-order valence-electron chi connectivity index (χ4n) is 2.85. The van der Waals surface area contributed by atoms with Crippen LogP contribution in [0.4, 0.5) is 9.59 Å². The third kappa shape index (κ3) is 8.87. The molecule has 0 saturated heterocycles. The minimum atomic E-state index is -0.859. The average molecular weight is 430 g/mol. The fraction of sp³-hybridized carbons (Fsp3) is 0.800. The second kappa shape index (κ2) is 9.99. The number of nitrogens with one attached hydrogen (secondary N) is 2. The third-order valence-corrected chi connectivity index (χ3v) is 4.59. The number of rotatable bonds is 4. The molecule has 0 aliphatic heterocycles. The van der Waals surface area contributed by atoms with Gasteiger partial charge in [0.1, 0.15) is 11.2 Å². The summed E-state index contributed by atoms with van der Waals surface area (Å²) in [5.74, 6) is -2.64. The molecule has 2 saturated carbocycles. The van der Waals surface area contributed by atoms with Gasteiger partial charge in [-0.3, -0.25) is 9.59 Å². The van der Waals surface area contributed by atoms with E-state index >= 15 is 0 Å². The van der Waals surface area contributed by atoms with Gasteiger partial charge in [0.2, 0.25) is 0 Å². The minimum absolute atomic E-state index is 0.280. The Morgan fingerprint density at radius 3 is 1.13 bits per heavy atom. The first kappa shape index (κ1) is 25.5. The highest BCUT2D eigenvalue weighted by atomic mass is 16.6. The number of aliphatic carboxylic acids is 2. The van der Waals surface area contributed by atoms with Crippen molar-refractivity contribution in [3.63, 3.8) is 0 Å². The minimum Gasteiger partial charge on any atom is -0.481 e. The van der Waals surface area contributed by atoms with E-state index in [4.69, 9.17) is 19.7 Å². The summed E-state index contributed by atoms with van der Waals surface area (Å²) in [6.45, 7) is 10.6. The Labute approximate surface area is 176 Å². The van der Waals surface area contributed by atoms with Gasteiger partial charge >= 0.3 is 24.1 Å². The van der Waals surface area contributed by atoms with Crippen LogP contribution in [-0.4, -0.2) is 57.6 Å². The van der Waals surface area contributed by atoms with Gasteiger partial charge < -0.3 is 30.3 Å². The van der Waals surface area contributed by atoms with Gasteiger partial charge in [-0.15, -0.1) is 0 Å². The van der Waals surface area contributed by atoms with E-state index in [2.05, 4.69) is 10.6 Å². The molecular formula is C20H34N2O8. The summed E-state index contributed by atoms with van der Waals surface area (Å²) in [6, 6.07) is -0.560. The molecule has 0 bridgehead atoms. The van der Waals surface area contributed by atoms with E-state index in [0.29, 0.717) is 25.7 Å². The molecule has 0 spiro atoms. The lowest BCUT2D eigenvalue weighted by Crippen LogP contribution is -2.51. The van der Waals surface area contributed by atoms with Crippen molar-refractivity contribution < 1.29 is 38.9 Å². The molecule has 2 rings (SSSR count). The lowest BCUT2D eigenvalue weighted by Gasteiger charge is -2.34. The molecule has 2 aliphatic rings. The van der Waals surface area contributed by atoms with Crippen LogP contribution in [0.2, 0.25) is 0 Å². The first-order chi connectivity index (χ1) is 13.6. The molecule has 172 valence electrons. The normalized spacial score (nSPS) is 25.3. The summed E-state index contributed by atoms with van der Waals surface area (Å²) in [4.78, 5) is 43.9. The quantitative estimate of drug-likeness (QED) is 0.531. The van der Waals surface area contributed by atoms with Crippen LogP contribution < -0.4 is 10.6 Å². The van der Waals surface area contributed by atoms with Gasteiger partial charge in [0.25, 0.3) is 0 Å². The lowest BCUT2D eigenvalue weighted by molar-refractivity contribution is -0.146. The maximum atomic E-state index is 11.3. The second-order valence-corrected chi connectivity index (χ2v) is 9.55. The van der Waals surface area contributed by atoms with E-state index in [-0.39, 0.29) is 12.1 Å². The molecule has 10 nitrogen and oxygen atoms in total. The Morgan fingerprint density at radius 2 is 0.967 bits per heavy atom. The molecule has 10 heteroatoms. The molecule has 0 unspecified atom stereocenters. The predicted octanol–water partition coefficient (Wildman–Crippen LogP) is 2.75. The zero-order chi connectivity index (χ0) is 23.3. The van der Waals surface area contributed by atoms with Crippen molar-refractivity contribution in [3.05, 3.63) is 0 Å². The van der Waals surface area contributed by atoms with Crippen LogP contribution in [0.3, 0.4) is 0 Å². The molecule has 2 aliphatic carbocycles. The van der Waals surface area contributed by atoms with Crippen molar-refractivity contribution in [1.82, 2.24) is 10.6 Å². The number of carboxylic acid groups (broad SMARTS) is 2. The van der Waals surface area contributed by atoms with Crippen LogP contribution in [-0.2, 0) is 19.1 Å². The molecular weight excluding hydrogens is 396 g/mol. The summed E-state index contributed by atoms with van der Waals surface area (Å²) in [7, 11) is 0. The summed E-state index contributed by atoms with van der Waals surface area (Å²) in [6.07, 6.45) is 1.56. The Hall–Kier alpha value is -2.52. The Morgan fingerprint density at radius 1 is 0.667 bits per heavy atom. The number of amides is 2. The van der Waals surface area contributed by atoms with Crippen molar-refractivity contribution in [2.24, 2.45) is 11.8 Å².